The van der Waals surface area contributed by atoms with Crippen molar-refractivity contribution < 1.29 is 13.6 Å². The molecule has 0 aliphatic rings. The smallest absolute Gasteiger partial charge is 0.311 e. The van der Waals surface area contributed by atoms with E-state index in [0.717, 1.165) is 0 Å². The molecule has 0 amide bonds. The van der Waals surface area contributed by atoms with Gasteiger partial charge in [0.15, 0.2) is 0 Å². The lowest BCUT2D eigenvalue weighted by Gasteiger charge is -1.97. The first kappa shape index (κ1) is 14.2. The molecule has 0 aromatic heterocycles. The standard InChI is InChI=1S/C4H11O3P.C4H6/c1-3-6-8(5)7-4-2;1-3-4-2/h8H,3-4H2,1-2H3;3-4H,1-2H2. The molecule has 0 saturated carbocycles. The highest BCUT2D eigenvalue weighted by atomic mass is 31.1. The summed E-state index contributed by atoms with van der Waals surface area (Å²) in [4.78, 5) is 0. The van der Waals surface area contributed by atoms with Crippen LogP contribution in [0, 0.1) is 0 Å². The Hall–Kier alpha value is -0.370. The molecule has 12 heavy (non-hydrogen) atoms. The van der Waals surface area contributed by atoms with E-state index in [1.165, 1.54) is 0 Å². The van der Waals surface area contributed by atoms with E-state index in [2.05, 4.69) is 22.2 Å². The lowest BCUT2D eigenvalue weighted by atomic mass is 10.6. The molecule has 0 aliphatic heterocycles. The molecule has 0 rings (SSSR count). The molecule has 0 unspecified atom stereocenters. The van der Waals surface area contributed by atoms with Gasteiger partial charge in [-0.25, -0.2) is 0 Å². The van der Waals surface area contributed by atoms with Crippen molar-refractivity contribution in [1.82, 2.24) is 0 Å². The van der Waals surface area contributed by atoms with Crippen LogP contribution in [0.4, 0.5) is 0 Å². The Bertz CT molecular complexity index is 120. The van der Waals surface area contributed by atoms with Gasteiger partial charge in [-0.1, -0.05) is 25.3 Å². The van der Waals surface area contributed by atoms with Crippen LogP contribution in [0.25, 0.3) is 0 Å². The Morgan fingerprint density at radius 1 is 1.17 bits per heavy atom. The molecule has 0 aromatic carbocycles. The summed E-state index contributed by atoms with van der Waals surface area (Å²) in [5.74, 6) is 0. The van der Waals surface area contributed by atoms with Crippen LogP contribution in [-0.4, -0.2) is 13.2 Å². The minimum absolute atomic E-state index is 0.456. The molecule has 0 spiro atoms. The van der Waals surface area contributed by atoms with E-state index < -0.39 is 8.25 Å². The van der Waals surface area contributed by atoms with Crippen molar-refractivity contribution in [2.45, 2.75) is 13.8 Å². The zero-order chi connectivity index (χ0) is 9.82. The van der Waals surface area contributed by atoms with E-state index >= 15 is 0 Å². The van der Waals surface area contributed by atoms with Gasteiger partial charge in [0.2, 0.25) is 0 Å². The first-order valence-corrected chi connectivity index (χ1v) is 4.98. The summed E-state index contributed by atoms with van der Waals surface area (Å²) in [6.07, 6.45) is 3.28. The maximum absolute atomic E-state index is 10.4. The topological polar surface area (TPSA) is 35.5 Å². The van der Waals surface area contributed by atoms with Crippen molar-refractivity contribution in [2.24, 2.45) is 0 Å². The molecule has 0 saturated heterocycles. The fourth-order valence-corrected chi connectivity index (χ4v) is 0.832. The molecule has 0 radical (unpaired) electrons. The average Bonchev–Trinajstić information content (AvgIpc) is 2.06. The molecular weight excluding hydrogens is 175 g/mol. The quantitative estimate of drug-likeness (QED) is 0.496. The largest absolute Gasteiger partial charge is 0.319 e. The molecule has 0 N–H and O–H groups in total. The minimum Gasteiger partial charge on any atom is -0.311 e. The van der Waals surface area contributed by atoms with Gasteiger partial charge in [-0.15, -0.1) is 0 Å². The molecule has 3 nitrogen and oxygen atoms in total. The second-order valence-electron chi connectivity index (χ2n) is 1.59. The summed E-state index contributed by atoms with van der Waals surface area (Å²) in [5.41, 5.74) is 0. The lowest BCUT2D eigenvalue weighted by Crippen LogP contribution is -1.81. The Labute approximate surface area is 75.0 Å². The summed E-state index contributed by atoms with van der Waals surface area (Å²) in [7, 11) is -2.14. The first-order valence-electron chi connectivity index (χ1n) is 3.75. The fourth-order valence-electron chi connectivity index (χ4n) is 0.277. The number of allylic oxidation sites excluding steroid dienone is 2. The first-order chi connectivity index (χ1) is 5.72. The van der Waals surface area contributed by atoms with Crippen molar-refractivity contribution in [3.8, 4) is 0 Å². The Morgan fingerprint density at radius 2 is 1.50 bits per heavy atom. The maximum atomic E-state index is 10.4. The van der Waals surface area contributed by atoms with Crippen molar-refractivity contribution in [2.75, 3.05) is 13.2 Å². The zero-order valence-electron chi connectivity index (χ0n) is 7.71. The predicted molar refractivity (Wildman–Crippen MR) is 52.6 cm³/mol. The van der Waals surface area contributed by atoms with Gasteiger partial charge in [0.05, 0.1) is 13.2 Å². The normalized spacial score (nSPS) is 8.58. The van der Waals surface area contributed by atoms with Gasteiger partial charge in [-0.2, -0.15) is 0 Å². The second kappa shape index (κ2) is 13.2. The highest BCUT2D eigenvalue weighted by Gasteiger charge is 1.91. The Morgan fingerprint density at radius 3 is 1.67 bits per heavy atom. The summed E-state index contributed by atoms with van der Waals surface area (Å²) in [6, 6.07) is 0. The van der Waals surface area contributed by atoms with Crippen molar-refractivity contribution >= 4 is 8.25 Å². The van der Waals surface area contributed by atoms with E-state index in [4.69, 9.17) is 0 Å². The summed E-state index contributed by atoms with van der Waals surface area (Å²) in [6.45, 7) is 11.2. The molecule has 4 heteroatoms. The molecule has 0 bridgehead atoms. The van der Waals surface area contributed by atoms with Gasteiger partial charge in [0, 0.05) is 0 Å². The van der Waals surface area contributed by atoms with E-state index in [1.807, 2.05) is 0 Å². The molecule has 0 fully saturated rings. The van der Waals surface area contributed by atoms with Gasteiger partial charge < -0.3 is 9.05 Å². The maximum Gasteiger partial charge on any atom is 0.319 e. The van der Waals surface area contributed by atoms with Crippen LogP contribution < -0.4 is 0 Å². The highest BCUT2D eigenvalue weighted by molar-refractivity contribution is 7.33. The van der Waals surface area contributed by atoms with Gasteiger partial charge in [-0.3, -0.25) is 4.57 Å². The third kappa shape index (κ3) is 16.3. The number of hydrogen-bond donors (Lipinski definition) is 0. The molecule has 0 atom stereocenters. The lowest BCUT2D eigenvalue weighted by molar-refractivity contribution is 0.243. The van der Waals surface area contributed by atoms with Crippen molar-refractivity contribution in [3.05, 3.63) is 25.3 Å². The Balaban J connectivity index is 0. The van der Waals surface area contributed by atoms with Crippen molar-refractivity contribution in [3.63, 3.8) is 0 Å². The van der Waals surface area contributed by atoms with E-state index in [9.17, 15) is 4.57 Å². The average molecular weight is 192 g/mol. The van der Waals surface area contributed by atoms with Gasteiger partial charge >= 0.3 is 8.25 Å². The van der Waals surface area contributed by atoms with E-state index in [-0.39, 0.29) is 0 Å². The second-order valence-corrected chi connectivity index (χ2v) is 2.66. The third-order valence-electron chi connectivity index (χ3n) is 0.691. The molecule has 0 heterocycles. The fraction of sp³-hybridized carbons (Fsp3) is 0.500. The van der Waals surface area contributed by atoms with Gasteiger partial charge in [-0.05, 0) is 13.8 Å². The highest BCUT2D eigenvalue weighted by Crippen LogP contribution is 2.21. The molecular formula is C8H17O3P. The van der Waals surface area contributed by atoms with Crippen LogP contribution in [0.15, 0.2) is 25.3 Å². The Kier molecular flexibility index (Phi) is 15.6. The number of rotatable bonds is 5. The third-order valence-corrected chi connectivity index (χ3v) is 1.74. The number of hydrogen-bond acceptors (Lipinski definition) is 3. The van der Waals surface area contributed by atoms with Crippen molar-refractivity contribution in [1.29, 1.82) is 0 Å². The van der Waals surface area contributed by atoms with Crippen LogP contribution in [0.2, 0.25) is 0 Å². The summed E-state index contributed by atoms with van der Waals surface area (Å²) >= 11 is 0. The van der Waals surface area contributed by atoms with Crippen LogP contribution in [0.5, 0.6) is 0 Å². The van der Waals surface area contributed by atoms with Gasteiger partial charge in [0.1, 0.15) is 0 Å². The molecule has 72 valence electrons. The van der Waals surface area contributed by atoms with Gasteiger partial charge in [0.25, 0.3) is 0 Å². The van der Waals surface area contributed by atoms with E-state index in [1.54, 1.807) is 26.0 Å². The van der Waals surface area contributed by atoms with Crippen LogP contribution >= 0.6 is 8.25 Å². The van der Waals surface area contributed by atoms with E-state index in [0.29, 0.717) is 13.2 Å². The monoisotopic (exact) mass is 192 g/mol. The zero-order valence-corrected chi connectivity index (χ0v) is 8.71. The molecule has 0 aromatic rings. The summed E-state index contributed by atoms with van der Waals surface area (Å²) in [5, 5.41) is 0. The summed E-state index contributed by atoms with van der Waals surface area (Å²) < 4.78 is 19.6. The van der Waals surface area contributed by atoms with Crippen LogP contribution in [0.1, 0.15) is 13.8 Å². The predicted octanol–water partition coefficient (Wildman–Crippen LogP) is 2.81. The van der Waals surface area contributed by atoms with Crippen LogP contribution in [0.3, 0.4) is 0 Å². The van der Waals surface area contributed by atoms with Crippen LogP contribution in [-0.2, 0) is 13.6 Å². The molecule has 0 aliphatic carbocycles. The minimum atomic E-state index is -2.14. The SMILES string of the molecule is C=CC=C.CCO[PH](=O)OCC.